The van der Waals surface area contributed by atoms with Crippen LogP contribution in [-0.2, 0) is 11.2 Å². The zero-order valence-electron chi connectivity index (χ0n) is 18.9. The Morgan fingerprint density at radius 3 is 2.74 bits per heavy atom. The molecule has 1 N–H and O–H groups in total. The number of rotatable bonds is 5. The third-order valence-corrected chi connectivity index (χ3v) is 6.32. The van der Waals surface area contributed by atoms with Gasteiger partial charge in [0, 0.05) is 43.6 Å². The summed E-state index contributed by atoms with van der Waals surface area (Å²) in [5, 5.41) is 0. The molecule has 0 aliphatic carbocycles. The Morgan fingerprint density at radius 1 is 1.12 bits per heavy atom. The Labute approximate surface area is 196 Å². The van der Waals surface area contributed by atoms with Gasteiger partial charge < -0.3 is 9.88 Å². The van der Waals surface area contributed by atoms with Crippen LogP contribution < -0.4 is 0 Å². The summed E-state index contributed by atoms with van der Waals surface area (Å²) >= 11 is 0. The van der Waals surface area contributed by atoms with E-state index in [4.69, 9.17) is 4.98 Å². The molecule has 5 rings (SSSR count). The van der Waals surface area contributed by atoms with Gasteiger partial charge in [0.2, 0.25) is 5.91 Å². The first-order chi connectivity index (χ1) is 16.5. The van der Waals surface area contributed by atoms with Crippen molar-refractivity contribution in [3.8, 4) is 11.1 Å². The number of carbonyl (C=O) groups excluding carboxylic acids is 1. The first-order valence-electron chi connectivity index (χ1n) is 11.5. The maximum atomic E-state index is 13.4. The molecule has 2 aromatic carbocycles. The van der Waals surface area contributed by atoms with Crippen LogP contribution in [-0.4, -0.2) is 43.8 Å². The Morgan fingerprint density at radius 2 is 1.91 bits per heavy atom. The number of halogens is 2. The molecule has 0 saturated carbocycles. The van der Waals surface area contributed by atoms with Gasteiger partial charge in [-0.3, -0.25) is 4.79 Å². The quantitative estimate of drug-likeness (QED) is 0.457. The number of aromatic nitrogens is 4. The van der Waals surface area contributed by atoms with Gasteiger partial charge in [-0.05, 0) is 55.7 Å². The number of likely N-dealkylation sites (tertiary alicyclic amines) is 1. The molecule has 1 aliphatic rings. The number of nitrogens with zero attached hydrogens (tertiary/aromatic N) is 4. The van der Waals surface area contributed by atoms with Crippen molar-refractivity contribution in [1.82, 2.24) is 24.8 Å². The molecule has 8 heteroatoms. The van der Waals surface area contributed by atoms with Gasteiger partial charge in [0.15, 0.2) is 0 Å². The molecule has 1 saturated heterocycles. The number of amides is 1. The first kappa shape index (κ1) is 22.1. The van der Waals surface area contributed by atoms with Crippen molar-refractivity contribution < 1.29 is 13.6 Å². The fourth-order valence-electron chi connectivity index (χ4n) is 4.61. The molecule has 6 nitrogen and oxygen atoms in total. The van der Waals surface area contributed by atoms with Crippen molar-refractivity contribution in [2.24, 2.45) is 0 Å². The highest BCUT2D eigenvalue weighted by Gasteiger charge is 2.28. The highest BCUT2D eigenvalue weighted by molar-refractivity contribution is 5.78. The highest BCUT2D eigenvalue weighted by atomic mass is 19.1. The SMILES string of the molecule is Cc1ncc(-c2ccc(F)cc2)c(C2CCCN(C(=O)CCc3nc4ccc(F)cc4[nH]3)C2)n1. The van der Waals surface area contributed by atoms with Crippen molar-refractivity contribution >= 4 is 16.9 Å². The van der Waals surface area contributed by atoms with Gasteiger partial charge in [0.05, 0.1) is 16.7 Å². The second-order valence-corrected chi connectivity index (χ2v) is 8.75. The number of hydrogen-bond donors (Lipinski definition) is 1. The third-order valence-electron chi connectivity index (χ3n) is 6.32. The van der Waals surface area contributed by atoms with Crippen LogP contribution in [0, 0.1) is 18.6 Å². The number of aryl methyl sites for hydroxylation is 2. The molecule has 1 atom stereocenters. The molecule has 4 aromatic rings. The van der Waals surface area contributed by atoms with Crippen LogP contribution in [0.25, 0.3) is 22.2 Å². The van der Waals surface area contributed by atoms with Crippen LogP contribution in [0.5, 0.6) is 0 Å². The lowest BCUT2D eigenvalue weighted by atomic mass is 9.89. The molecule has 1 fully saturated rings. The summed E-state index contributed by atoms with van der Waals surface area (Å²) in [7, 11) is 0. The van der Waals surface area contributed by atoms with Crippen molar-refractivity contribution in [3.63, 3.8) is 0 Å². The maximum Gasteiger partial charge on any atom is 0.223 e. The van der Waals surface area contributed by atoms with Crippen molar-refractivity contribution in [2.75, 3.05) is 13.1 Å². The number of piperidine rings is 1. The van der Waals surface area contributed by atoms with Crippen LogP contribution in [0.3, 0.4) is 0 Å². The predicted octanol–water partition coefficient (Wildman–Crippen LogP) is 4.95. The number of aromatic amines is 1. The minimum atomic E-state index is -0.321. The van der Waals surface area contributed by atoms with Gasteiger partial charge in [-0.2, -0.15) is 0 Å². The topological polar surface area (TPSA) is 74.8 Å². The maximum absolute atomic E-state index is 13.4. The van der Waals surface area contributed by atoms with E-state index in [1.165, 1.54) is 24.3 Å². The minimum absolute atomic E-state index is 0.0606. The number of fused-ring (bicyclic) bond motifs is 1. The average molecular weight is 462 g/mol. The standard InChI is InChI=1S/C26H25F2N5O/c1-16-29-14-21(17-4-6-19(27)7-5-17)26(30-16)18-3-2-12-33(15-18)25(34)11-10-24-31-22-9-8-20(28)13-23(22)32-24/h4-9,13-14,18H,2-3,10-12,15H2,1H3,(H,31,32). The number of nitrogens with one attached hydrogen (secondary N) is 1. The van der Waals surface area contributed by atoms with Gasteiger partial charge in [-0.25, -0.2) is 23.7 Å². The van der Waals surface area contributed by atoms with Gasteiger partial charge >= 0.3 is 0 Å². The van der Waals surface area contributed by atoms with Crippen LogP contribution >= 0.6 is 0 Å². The molecule has 1 amide bonds. The zero-order chi connectivity index (χ0) is 23.7. The van der Waals surface area contributed by atoms with Crippen LogP contribution in [0.15, 0.2) is 48.7 Å². The summed E-state index contributed by atoms with van der Waals surface area (Å²) in [6.45, 7) is 3.13. The lowest BCUT2D eigenvalue weighted by Crippen LogP contribution is -2.39. The normalized spacial score (nSPS) is 16.2. The van der Waals surface area contributed by atoms with E-state index in [1.54, 1.807) is 24.4 Å². The van der Waals surface area contributed by atoms with E-state index >= 15 is 0 Å². The molecule has 34 heavy (non-hydrogen) atoms. The number of H-pyrrole nitrogens is 1. The first-order valence-corrected chi connectivity index (χ1v) is 11.5. The van der Waals surface area contributed by atoms with Crippen molar-refractivity contribution in [2.45, 2.75) is 38.5 Å². The monoisotopic (exact) mass is 461 g/mol. The molecule has 0 bridgehead atoms. The Hall–Kier alpha value is -3.68. The van der Waals surface area contributed by atoms with Crippen molar-refractivity contribution in [3.05, 3.63) is 77.6 Å². The lowest BCUT2D eigenvalue weighted by molar-refractivity contribution is -0.132. The number of hydrogen-bond acceptors (Lipinski definition) is 4. The summed E-state index contributed by atoms with van der Waals surface area (Å²) in [6.07, 6.45) is 4.37. The zero-order valence-corrected chi connectivity index (χ0v) is 18.9. The molecule has 1 unspecified atom stereocenters. The predicted molar refractivity (Wildman–Crippen MR) is 125 cm³/mol. The van der Waals surface area contributed by atoms with E-state index in [-0.39, 0.29) is 23.5 Å². The van der Waals surface area contributed by atoms with Gasteiger partial charge in [0.1, 0.15) is 23.3 Å². The van der Waals surface area contributed by atoms with Gasteiger partial charge in [-0.15, -0.1) is 0 Å². The van der Waals surface area contributed by atoms with E-state index in [0.717, 1.165) is 29.7 Å². The van der Waals surface area contributed by atoms with Crippen LogP contribution in [0.4, 0.5) is 8.78 Å². The lowest BCUT2D eigenvalue weighted by Gasteiger charge is -2.33. The molecule has 3 heterocycles. The second-order valence-electron chi connectivity index (χ2n) is 8.75. The molecular formula is C26H25F2N5O. The molecule has 0 radical (unpaired) electrons. The molecule has 0 spiro atoms. The Bertz CT molecular complexity index is 1340. The summed E-state index contributed by atoms with van der Waals surface area (Å²) in [5.41, 5.74) is 3.96. The van der Waals surface area contributed by atoms with E-state index in [9.17, 15) is 13.6 Å². The molecule has 174 valence electrons. The third kappa shape index (κ3) is 4.66. The number of carbonyl (C=O) groups is 1. The van der Waals surface area contributed by atoms with Gasteiger partial charge in [0.25, 0.3) is 0 Å². The van der Waals surface area contributed by atoms with E-state index < -0.39 is 0 Å². The summed E-state index contributed by atoms with van der Waals surface area (Å²) < 4.78 is 26.9. The molecule has 1 aliphatic heterocycles. The summed E-state index contributed by atoms with van der Waals surface area (Å²) in [6, 6.07) is 10.7. The van der Waals surface area contributed by atoms with E-state index in [1.807, 2.05) is 11.8 Å². The van der Waals surface area contributed by atoms with Crippen molar-refractivity contribution in [1.29, 1.82) is 0 Å². The van der Waals surface area contributed by atoms with Crippen LogP contribution in [0.1, 0.15) is 42.5 Å². The summed E-state index contributed by atoms with van der Waals surface area (Å²) in [5.74, 6) is 0.873. The largest absolute Gasteiger partial charge is 0.342 e. The van der Waals surface area contributed by atoms with Crippen LogP contribution in [0.2, 0.25) is 0 Å². The molecular weight excluding hydrogens is 436 g/mol. The minimum Gasteiger partial charge on any atom is -0.342 e. The van der Waals surface area contributed by atoms with E-state index in [0.29, 0.717) is 48.6 Å². The highest BCUT2D eigenvalue weighted by Crippen LogP contribution is 2.33. The fraction of sp³-hybridized carbons (Fsp3) is 0.308. The Kier molecular flexibility index (Phi) is 6.04. The fourth-order valence-corrected chi connectivity index (χ4v) is 4.61. The number of imidazole rings is 1. The molecule has 2 aromatic heterocycles. The second kappa shape index (κ2) is 9.29. The Balaban J connectivity index is 1.30. The summed E-state index contributed by atoms with van der Waals surface area (Å²) in [4.78, 5) is 31.6. The van der Waals surface area contributed by atoms with Gasteiger partial charge in [-0.1, -0.05) is 12.1 Å². The average Bonchev–Trinajstić information content (AvgIpc) is 3.25. The smallest absolute Gasteiger partial charge is 0.223 e. The number of benzene rings is 2. The van der Waals surface area contributed by atoms with E-state index in [2.05, 4.69) is 15.0 Å².